The first kappa shape index (κ1) is 13.3. The fraction of sp³-hybridized carbons (Fsp3) is 0.462. The average Bonchev–Trinajstić information content (AvgIpc) is 2.86. The number of hydrogen-bond acceptors (Lipinski definition) is 5. The van der Waals surface area contributed by atoms with Crippen molar-refractivity contribution in [2.75, 3.05) is 12.4 Å². The second-order valence-electron chi connectivity index (χ2n) is 4.51. The minimum Gasteiger partial charge on any atom is -0.481 e. The molecule has 6 nitrogen and oxygen atoms in total. The lowest BCUT2D eigenvalue weighted by Crippen LogP contribution is -2.32. The highest BCUT2D eigenvalue weighted by Crippen LogP contribution is 2.23. The molecule has 1 heterocycles. The molecule has 0 aromatic carbocycles. The van der Waals surface area contributed by atoms with Crippen molar-refractivity contribution in [1.29, 1.82) is 0 Å². The Morgan fingerprint density at radius 1 is 1.47 bits per heavy atom. The summed E-state index contributed by atoms with van der Waals surface area (Å²) in [6.07, 6.45) is 5.60. The van der Waals surface area contributed by atoms with Crippen LogP contribution in [0.2, 0.25) is 0 Å². The predicted molar refractivity (Wildman–Crippen MR) is 72.0 cm³/mol. The maximum Gasteiger partial charge on any atom is 0.243 e. The Morgan fingerprint density at radius 2 is 2.26 bits per heavy atom. The van der Waals surface area contributed by atoms with E-state index in [1.807, 2.05) is 0 Å². The van der Waals surface area contributed by atoms with E-state index in [4.69, 9.17) is 4.74 Å². The first-order valence-corrected chi connectivity index (χ1v) is 6.26. The molecule has 0 bridgehead atoms. The molecule has 1 fully saturated rings. The summed E-state index contributed by atoms with van der Waals surface area (Å²) in [5.41, 5.74) is 0. The molecule has 1 amide bonds. The van der Waals surface area contributed by atoms with E-state index < -0.39 is 0 Å². The molecule has 1 aliphatic carbocycles. The monoisotopic (exact) mass is 262 g/mol. The van der Waals surface area contributed by atoms with Gasteiger partial charge in [0.25, 0.3) is 0 Å². The Bertz CT molecular complexity index is 464. The predicted octanol–water partition coefficient (Wildman–Crippen LogP) is 1.12. The molecule has 0 aliphatic heterocycles. The lowest BCUT2D eigenvalue weighted by molar-refractivity contribution is -0.117. The van der Waals surface area contributed by atoms with Gasteiger partial charge in [-0.15, -0.1) is 0 Å². The fourth-order valence-corrected chi connectivity index (χ4v) is 2.24. The van der Waals surface area contributed by atoms with E-state index in [9.17, 15) is 4.79 Å². The number of hydrogen-bond donors (Lipinski definition) is 2. The minimum atomic E-state index is -0.116. The standard InChI is InChI=1S/C13H18N4O2/c1-3-12(18)17-10-5-4-9(6-10)16-11-7-13(19-2)15-8-14-11/h3,7-10H,1,4-6H2,2H3,(H,17,18)(H,14,15,16)/t9-,10+/m0/s1. The second-order valence-corrected chi connectivity index (χ2v) is 4.51. The van der Waals surface area contributed by atoms with Crippen molar-refractivity contribution >= 4 is 11.7 Å². The molecule has 2 N–H and O–H groups in total. The molecule has 1 saturated carbocycles. The lowest BCUT2D eigenvalue weighted by atomic mass is 10.2. The maximum absolute atomic E-state index is 11.2. The van der Waals surface area contributed by atoms with E-state index in [1.165, 1.54) is 12.4 Å². The Morgan fingerprint density at radius 3 is 3.00 bits per heavy atom. The van der Waals surface area contributed by atoms with Crippen molar-refractivity contribution in [1.82, 2.24) is 15.3 Å². The summed E-state index contributed by atoms with van der Waals surface area (Å²) in [7, 11) is 1.57. The Balaban J connectivity index is 1.87. The zero-order valence-corrected chi connectivity index (χ0v) is 10.9. The van der Waals surface area contributed by atoms with Gasteiger partial charge in [-0.2, -0.15) is 0 Å². The van der Waals surface area contributed by atoms with Gasteiger partial charge in [0.1, 0.15) is 12.1 Å². The van der Waals surface area contributed by atoms with Gasteiger partial charge in [-0.25, -0.2) is 9.97 Å². The lowest BCUT2D eigenvalue weighted by Gasteiger charge is -2.14. The van der Waals surface area contributed by atoms with Gasteiger partial charge in [-0.3, -0.25) is 4.79 Å². The van der Waals surface area contributed by atoms with Gasteiger partial charge in [-0.1, -0.05) is 6.58 Å². The fourth-order valence-electron chi connectivity index (χ4n) is 2.24. The summed E-state index contributed by atoms with van der Waals surface area (Å²) in [6.45, 7) is 3.45. The summed E-state index contributed by atoms with van der Waals surface area (Å²) in [6, 6.07) is 2.26. The summed E-state index contributed by atoms with van der Waals surface area (Å²) < 4.78 is 5.05. The molecular weight excluding hydrogens is 244 g/mol. The molecule has 1 aromatic rings. The largest absolute Gasteiger partial charge is 0.481 e. The van der Waals surface area contributed by atoms with Gasteiger partial charge in [0.05, 0.1) is 7.11 Å². The molecular formula is C13H18N4O2. The number of amides is 1. The molecule has 6 heteroatoms. The van der Waals surface area contributed by atoms with Gasteiger partial charge in [0, 0.05) is 18.2 Å². The smallest absolute Gasteiger partial charge is 0.243 e. The third-order valence-electron chi connectivity index (χ3n) is 3.17. The molecule has 1 aliphatic rings. The second kappa shape index (κ2) is 6.17. The number of ether oxygens (including phenoxy) is 1. The number of nitrogens with one attached hydrogen (secondary N) is 2. The molecule has 2 atom stereocenters. The molecule has 1 aromatic heterocycles. The van der Waals surface area contributed by atoms with E-state index in [2.05, 4.69) is 27.2 Å². The van der Waals surface area contributed by atoms with Crippen molar-refractivity contribution < 1.29 is 9.53 Å². The van der Waals surface area contributed by atoms with Crippen molar-refractivity contribution in [2.24, 2.45) is 0 Å². The van der Waals surface area contributed by atoms with E-state index in [0.717, 1.165) is 25.1 Å². The van der Waals surface area contributed by atoms with Crippen molar-refractivity contribution in [2.45, 2.75) is 31.3 Å². The van der Waals surface area contributed by atoms with Crippen molar-refractivity contribution in [3.63, 3.8) is 0 Å². The SMILES string of the molecule is C=CC(=O)N[C@@H]1CC[C@H](Nc2cc(OC)ncn2)C1. The van der Waals surface area contributed by atoms with Gasteiger partial charge in [-0.05, 0) is 25.3 Å². The zero-order valence-electron chi connectivity index (χ0n) is 10.9. The van der Waals surface area contributed by atoms with Crippen LogP contribution in [0.15, 0.2) is 25.0 Å². The normalized spacial score (nSPS) is 21.7. The molecule has 102 valence electrons. The highest BCUT2D eigenvalue weighted by molar-refractivity contribution is 5.87. The number of anilines is 1. The summed E-state index contributed by atoms with van der Waals surface area (Å²) >= 11 is 0. The van der Waals surface area contributed by atoms with Crippen LogP contribution >= 0.6 is 0 Å². The highest BCUT2D eigenvalue weighted by Gasteiger charge is 2.25. The molecule has 19 heavy (non-hydrogen) atoms. The highest BCUT2D eigenvalue weighted by atomic mass is 16.5. The number of carbonyl (C=O) groups excluding carboxylic acids is 1. The van der Waals surface area contributed by atoms with Gasteiger partial charge in [0.2, 0.25) is 11.8 Å². The first-order chi connectivity index (χ1) is 9.21. The minimum absolute atomic E-state index is 0.116. The molecule has 0 radical (unpaired) electrons. The van der Waals surface area contributed by atoms with Crippen LogP contribution in [-0.4, -0.2) is 35.1 Å². The number of methoxy groups -OCH3 is 1. The zero-order chi connectivity index (χ0) is 13.7. The van der Waals surface area contributed by atoms with E-state index in [0.29, 0.717) is 11.9 Å². The van der Waals surface area contributed by atoms with Crippen LogP contribution in [0.25, 0.3) is 0 Å². The van der Waals surface area contributed by atoms with E-state index >= 15 is 0 Å². The molecule has 0 spiro atoms. The van der Waals surface area contributed by atoms with Crippen LogP contribution in [0.1, 0.15) is 19.3 Å². The quantitative estimate of drug-likeness (QED) is 0.778. The van der Waals surface area contributed by atoms with Gasteiger partial charge in [0.15, 0.2) is 0 Å². The van der Waals surface area contributed by atoms with Crippen LogP contribution < -0.4 is 15.4 Å². The van der Waals surface area contributed by atoms with Crippen LogP contribution in [0, 0.1) is 0 Å². The number of rotatable bonds is 5. The van der Waals surface area contributed by atoms with Crippen LogP contribution in [0.3, 0.4) is 0 Å². The molecule has 0 saturated heterocycles. The Hall–Kier alpha value is -2.11. The maximum atomic E-state index is 11.2. The van der Waals surface area contributed by atoms with E-state index in [-0.39, 0.29) is 11.9 Å². The summed E-state index contributed by atoms with van der Waals surface area (Å²) in [4.78, 5) is 19.3. The molecule has 2 rings (SSSR count). The van der Waals surface area contributed by atoms with Crippen molar-refractivity contribution in [3.8, 4) is 5.88 Å². The average molecular weight is 262 g/mol. The number of aromatic nitrogens is 2. The summed E-state index contributed by atoms with van der Waals surface area (Å²) in [5.74, 6) is 1.16. The third-order valence-corrected chi connectivity index (χ3v) is 3.17. The van der Waals surface area contributed by atoms with Crippen molar-refractivity contribution in [3.05, 3.63) is 25.0 Å². The van der Waals surface area contributed by atoms with Crippen LogP contribution in [-0.2, 0) is 4.79 Å². The number of carbonyl (C=O) groups is 1. The Kier molecular flexibility index (Phi) is 4.33. The van der Waals surface area contributed by atoms with E-state index in [1.54, 1.807) is 13.2 Å². The van der Waals surface area contributed by atoms with Gasteiger partial charge < -0.3 is 15.4 Å². The molecule has 0 unspecified atom stereocenters. The third kappa shape index (κ3) is 3.67. The first-order valence-electron chi connectivity index (χ1n) is 6.26. The number of nitrogens with zero attached hydrogens (tertiary/aromatic N) is 2. The summed E-state index contributed by atoms with van der Waals surface area (Å²) in [5, 5.41) is 6.24. The van der Waals surface area contributed by atoms with Crippen LogP contribution in [0.5, 0.6) is 5.88 Å². The van der Waals surface area contributed by atoms with Crippen LogP contribution in [0.4, 0.5) is 5.82 Å². The van der Waals surface area contributed by atoms with Gasteiger partial charge >= 0.3 is 0 Å². The Labute approximate surface area is 112 Å². The topological polar surface area (TPSA) is 76.1 Å².